The summed E-state index contributed by atoms with van der Waals surface area (Å²) in [6, 6.07) is 32.0. The van der Waals surface area contributed by atoms with Crippen LogP contribution in [0.3, 0.4) is 0 Å². The highest BCUT2D eigenvalue weighted by Gasteiger charge is 2.36. The third kappa shape index (κ3) is 2.78. The lowest BCUT2D eigenvalue weighted by molar-refractivity contribution is -0.220. The molecule has 27 heavy (non-hydrogen) atoms. The van der Waals surface area contributed by atoms with Crippen molar-refractivity contribution in [3.63, 3.8) is 0 Å². The van der Waals surface area contributed by atoms with Crippen LogP contribution in [0.2, 0.25) is 0 Å². The molecule has 1 N–H and O–H groups in total. The molecule has 4 aromatic carbocycles. The number of nitrogens with zero attached hydrogens (tertiary/aromatic N) is 1. The molecule has 0 aliphatic carbocycles. The van der Waals surface area contributed by atoms with Crippen LogP contribution in [0, 0.1) is 0 Å². The second kappa shape index (κ2) is 6.54. The largest absolute Gasteiger partial charge is 0.468 e. The van der Waals surface area contributed by atoms with E-state index in [1.54, 1.807) is 0 Å². The number of fused-ring (bicyclic) bond motifs is 2. The van der Waals surface area contributed by atoms with Gasteiger partial charge in [-0.25, -0.2) is 0 Å². The maximum Gasteiger partial charge on any atom is 0.201 e. The summed E-state index contributed by atoms with van der Waals surface area (Å²) >= 11 is 0. The number of hydrogen-bond donors (Lipinski definition) is 1. The fourth-order valence-electron chi connectivity index (χ4n) is 3.82. The van der Waals surface area contributed by atoms with Gasteiger partial charge < -0.3 is 9.94 Å². The molecule has 0 bridgehead atoms. The summed E-state index contributed by atoms with van der Waals surface area (Å²) in [7, 11) is 0. The number of rotatable bonds is 2. The number of hydroxylamine groups is 2. The van der Waals surface area contributed by atoms with Gasteiger partial charge in [-0.15, -0.1) is 5.06 Å². The summed E-state index contributed by atoms with van der Waals surface area (Å²) in [4.78, 5) is 0. The molecule has 1 heterocycles. The maximum absolute atomic E-state index is 11.2. The molecule has 3 nitrogen and oxygen atoms in total. The Balaban J connectivity index is 1.63. The number of benzene rings is 4. The Bertz CT molecular complexity index is 1090. The molecule has 0 radical (unpaired) electrons. The first-order chi connectivity index (χ1) is 13.3. The molecule has 0 saturated carbocycles. The van der Waals surface area contributed by atoms with Gasteiger partial charge in [0.2, 0.25) is 6.23 Å². The zero-order valence-corrected chi connectivity index (χ0v) is 14.7. The minimum absolute atomic E-state index is 0.285. The predicted molar refractivity (Wildman–Crippen MR) is 106 cm³/mol. The lowest BCUT2D eigenvalue weighted by Crippen LogP contribution is -2.37. The number of hydrogen-bond acceptors (Lipinski definition) is 3. The smallest absolute Gasteiger partial charge is 0.201 e. The summed E-state index contributed by atoms with van der Waals surface area (Å²) in [6.45, 7) is 0. The Morgan fingerprint density at radius 3 is 2.22 bits per heavy atom. The van der Waals surface area contributed by atoms with Crippen molar-refractivity contribution in [2.75, 3.05) is 0 Å². The lowest BCUT2D eigenvalue weighted by atomic mass is 9.95. The standard InChI is InChI=1S/C24H19NO2/c26-25-23(18-9-2-1-3-10-18)21-12-6-7-13-22(21)27-24(25)20-15-14-17-8-4-5-11-19(17)16-20/h1-16,23-24,26H. The van der Waals surface area contributed by atoms with Gasteiger partial charge in [-0.3, -0.25) is 0 Å². The molecule has 2 unspecified atom stereocenters. The first-order valence-electron chi connectivity index (χ1n) is 9.08. The zero-order valence-electron chi connectivity index (χ0n) is 14.7. The van der Waals surface area contributed by atoms with Crippen LogP contribution in [0.15, 0.2) is 97.1 Å². The van der Waals surface area contributed by atoms with Crippen molar-refractivity contribution in [2.45, 2.75) is 12.3 Å². The highest BCUT2D eigenvalue weighted by atomic mass is 16.6. The molecule has 2 atom stereocenters. The number of ether oxygens (including phenoxy) is 1. The molecule has 1 aliphatic rings. The quantitative estimate of drug-likeness (QED) is 0.501. The van der Waals surface area contributed by atoms with Crippen molar-refractivity contribution in [2.24, 2.45) is 0 Å². The minimum Gasteiger partial charge on any atom is -0.468 e. The van der Waals surface area contributed by atoms with Gasteiger partial charge >= 0.3 is 0 Å². The van der Waals surface area contributed by atoms with Gasteiger partial charge in [0.25, 0.3) is 0 Å². The van der Waals surface area contributed by atoms with Crippen LogP contribution in [0.1, 0.15) is 29.0 Å². The van der Waals surface area contributed by atoms with Crippen LogP contribution in [-0.2, 0) is 0 Å². The molecular weight excluding hydrogens is 334 g/mol. The fourth-order valence-corrected chi connectivity index (χ4v) is 3.82. The Morgan fingerprint density at radius 1 is 0.667 bits per heavy atom. The van der Waals surface area contributed by atoms with Crippen molar-refractivity contribution in [1.29, 1.82) is 0 Å². The Kier molecular flexibility index (Phi) is 3.89. The van der Waals surface area contributed by atoms with Crippen LogP contribution in [0.5, 0.6) is 5.75 Å². The van der Waals surface area contributed by atoms with E-state index in [9.17, 15) is 5.21 Å². The van der Waals surface area contributed by atoms with E-state index in [0.29, 0.717) is 0 Å². The SMILES string of the molecule is ON1C(c2ccc3ccccc3c2)Oc2ccccc2C1c1ccccc1. The van der Waals surface area contributed by atoms with Crippen LogP contribution in [0.4, 0.5) is 0 Å². The summed E-state index contributed by atoms with van der Waals surface area (Å²) in [5.74, 6) is 0.801. The molecule has 0 spiro atoms. The summed E-state index contributed by atoms with van der Waals surface area (Å²) in [5, 5.41) is 14.8. The zero-order chi connectivity index (χ0) is 18.2. The first kappa shape index (κ1) is 16.1. The van der Waals surface area contributed by atoms with E-state index < -0.39 is 6.23 Å². The first-order valence-corrected chi connectivity index (χ1v) is 9.08. The monoisotopic (exact) mass is 353 g/mol. The van der Waals surface area contributed by atoms with E-state index >= 15 is 0 Å². The molecule has 1 aliphatic heterocycles. The lowest BCUT2D eigenvalue weighted by Gasteiger charge is -2.39. The molecule has 0 fully saturated rings. The molecule has 5 rings (SSSR count). The minimum atomic E-state index is -0.574. The van der Waals surface area contributed by atoms with Crippen LogP contribution < -0.4 is 4.74 Å². The van der Waals surface area contributed by atoms with Crippen LogP contribution >= 0.6 is 0 Å². The fraction of sp³-hybridized carbons (Fsp3) is 0.0833. The van der Waals surface area contributed by atoms with Crippen molar-refractivity contribution < 1.29 is 9.94 Å². The van der Waals surface area contributed by atoms with Gasteiger partial charge in [0.1, 0.15) is 5.75 Å². The topological polar surface area (TPSA) is 32.7 Å². The summed E-state index contributed by atoms with van der Waals surface area (Å²) in [6.07, 6.45) is -0.574. The average Bonchev–Trinajstić information content (AvgIpc) is 2.73. The van der Waals surface area contributed by atoms with E-state index in [0.717, 1.165) is 27.8 Å². The van der Waals surface area contributed by atoms with E-state index in [-0.39, 0.29) is 6.04 Å². The van der Waals surface area contributed by atoms with E-state index in [4.69, 9.17) is 4.74 Å². The van der Waals surface area contributed by atoms with Gasteiger partial charge in [0.15, 0.2) is 0 Å². The van der Waals surface area contributed by atoms with E-state index in [1.807, 2.05) is 72.8 Å². The second-order valence-corrected chi connectivity index (χ2v) is 6.81. The third-order valence-electron chi connectivity index (χ3n) is 5.13. The van der Waals surface area contributed by atoms with Gasteiger partial charge in [-0.05, 0) is 28.5 Å². The van der Waals surface area contributed by atoms with Gasteiger partial charge in [-0.2, -0.15) is 0 Å². The normalized spacial score (nSPS) is 19.4. The highest BCUT2D eigenvalue weighted by molar-refractivity contribution is 5.83. The molecule has 0 amide bonds. The molecule has 0 aromatic heterocycles. The predicted octanol–water partition coefficient (Wildman–Crippen LogP) is 5.71. The van der Waals surface area contributed by atoms with Crippen molar-refractivity contribution in [3.8, 4) is 5.75 Å². The van der Waals surface area contributed by atoms with Crippen molar-refractivity contribution in [1.82, 2.24) is 5.06 Å². The van der Waals surface area contributed by atoms with Crippen LogP contribution in [0.25, 0.3) is 10.8 Å². The van der Waals surface area contributed by atoms with Gasteiger partial charge in [0, 0.05) is 11.1 Å². The molecule has 132 valence electrons. The number of para-hydroxylation sites is 1. The second-order valence-electron chi connectivity index (χ2n) is 6.81. The van der Waals surface area contributed by atoms with Crippen molar-refractivity contribution in [3.05, 3.63) is 114 Å². The Morgan fingerprint density at radius 2 is 1.37 bits per heavy atom. The third-order valence-corrected chi connectivity index (χ3v) is 5.13. The van der Waals surface area contributed by atoms with Crippen molar-refractivity contribution >= 4 is 10.8 Å². The molecular formula is C24H19NO2. The van der Waals surface area contributed by atoms with E-state index in [1.165, 1.54) is 10.4 Å². The average molecular weight is 353 g/mol. The van der Waals surface area contributed by atoms with E-state index in [2.05, 4.69) is 24.3 Å². The van der Waals surface area contributed by atoms with Gasteiger partial charge in [0.05, 0.1) is 6.04 Å². The maximum atomic E-state index is 11.2. The molecule has 3 heteroatoms. The highest BCUT2D eigenvalue weighted by Crippen LogP contribution is 2.44. The molecule has 4 aromatic rings. The molecule has 0 saturated heterocycles. The van der Waals surface area contributed by atoms with Crippen LogP contribution in [-0.4, -0.2) is 10.3 Å². The van der Waals surface area contributed by atoms with Gasteiger partial charge in [-0.1, -0.05) is 84.9 Å². The Labute approximate surface area is 158 Å². The summed E-state index contributed by atoms with van der Waals surface area (Å²) in [5.41, 5.74) is 2.91. The summed E-state index contributed by atoms with van der Waals surface area (Å²) < 4.78 is 6.21. The Hall–Kier alpha value is -3.14.